The van der Waals surface area contributed by atoms with E-state index in [9.17, 15) is 13.2 Å². The molecule has 0 fully saturated rings. The Kier molecular flexibility index (Phi) is 4.66. The van der Waals surface area contributed by atoms with Gasteiger partial charge in [-0.2, -0.15) is 0 Å². The Bertz CT molecular complexity index is 761. The summed E-state index contributed by atoms with van der Waals surface area (Å²) < 4.78 is 27.1. The lowest BCUT2D eigenvalue weighted by Crippen LogP contribution is -2.13. The van der Waals surface area contributed by atoms with Crippen LogP contribution in [-0.4, -0.2) is 14.2 Å². The summed E-state index contributed by atoms with van der Waals surface area (Å²) in [6.45, 7) is 5.60. The predicted molar refractivity (Wildman–Crippen MR) is 87.8 cm³/mol. The number of carbonyl (C=O) groups excluding carboxylic acids is 1. The van der Waals surface area contributed by atoms with Crippen molar-refractivity contribution < 1.29 is 13.2 Å². The molecule has 0 unspecified atom stereocenters. The van der Waals surface area contributed by atoms with Crippen molar-refractivity contribution in [3.8, 4) is 0 Å². The molecule has 0 aliphatic heterocycles. The molecule has 0 aliphatic rings. The molecule has 0 saturated heterocycles. The maximum absolute atomic E-state index is 12.3. The first-order valence-electron chi connectivity index (χ1n) is 7.03. The predicted octanol–water partition coefficient (Wildman–Crippen LogP) is 3.81. The second-order valence-corrected chi connectivity index (χ2v) is 7.15. The fourth-order valence-corrected chi connectivity index (χ4v) is 3.08. The number of hydrogen-bond acceptors (Lipinski definition) is 3. The van der Waals surface area contributed by atoms with Gasteiger partial charge in [-0.05, 0) is 42.7 Å². The molecule has 0 radical (unpaired) electrons. The summed E-state index contributed by atoms with van der Waals surface area (Å²) in [6.07, 6.45) is 0. The van der Waals surface area contributed by atoms with Crippen LogP contribution in [0.4, 0.5) is 5.69 Å². The molecule has 22 heavy (non-hydrogen) atoms. The third kappa shape index (κ3) is 3.74. The number of anilines is 1. The van der Waals surface area contributed by atoms with Crippen molar-refractivity contribution in [3.63, 3.8) is 0 Å². The Morgan fingerprint density at radius 2 is 1.50 bits per heavy atom. The molecule has 5 heteroatoms. The molecule has 116 valence electrons. The van der Waals surface area contributed by atoms with Gasteiger partial charge >= 0.3 is 0 Å². The number of nitrogens with one attached hydrogen (secondary N) is 1. The first-order chi connectivity index (χ1) is 10.3. The van der Waals surface area contributed by atoms with Crippen molar-refractivity contribution in [2.75, 3.05) is 4.72 Å². The maximum atomic E-state index is 12.3. The number of benzene rings is 2. The van der Waals surface area contributed by atoms with E-state index in [-0.39, 0.29) is 10.7 Å². The van der Waals surface area contributed by atoms with E-state index >= 15 is 0 Å². The van der Waals surface area contributed by atoms with E-state index in [0.717, 1.165) is 5.56 Å². The number of rotatable bonds is 5. The second-order valence-electron chi connectivity index (χ2n) is 5.46. The molecule has 0 atom stereocenters. The Balaban J connectivity index is 2.21. The molecular formula is C17H19NO3S. The van der Waals surface area contributed by atoms with Crippen LogP contribution in [0.1, 0.15) is 42.6 Å². The second kappa shape index (κ2) is 6.32. The van der Waals surface area contributed by atoms with Crippen molar-refractivity contribution in [3.05, 3.63) is 59.7 Å². The van der Waals surface area contributed by atoms with Crippen LogP contribution in [0.3, 0.4) is 0 Å². The number of hydrogen-bond donors (Lipinski definition) is 1. The van der Waals surface area contributed by atoms with Gasteiger partial charge in [0.15, 0.2) is 5.78 Å². The van der Waals surface area contributed by atoms with E-state index in [0.29, 0.717) is 17.2 Å². The zero-order valence-corrected chi connectivity index (χ0v) is 13.6. The van der Waals surface area contributed by atoms with Gasteiger partial charge in [-0.15, -0.1) is 0 Å². The van der Waals surface area contributed by atoms with Crippen LogP contribution in [-0.2, 0) is 10.0 Å². The van der Waals surface area contributed by atoms with Gasteiger partial charge in [-0.1, -0.05) is 38.1 Å². The van der Waals surface area contributed by atoms with Crippen molar-refractivity contribution in [1.82, 2.24) is 0 Å². The molecular weight excluding hydrogens is 298 g/mol. The molecule has 2 rings (SSSR count). The summed E-state index contributed by atoms with van der Waals surface area (Å²) >= 11 is 0. The first kappa shape index (κ1) is 16.2. The minimum absolute atomic E-state index is 0.0961. The van der Waals surface area contributed by atoms with Gasteiger partial charge < -0.3 is 0 Å². The van der Waals surface area contributed by atoms with Crippen LogP contribution < -0.4 is 4.72 Å². The molecule has 0 aliphatic carbocycles. The summed E-state index contributed by atoms with van der Waals surface area (Å²) in [7, 11) is -3.65. The molecule has 1 N–H and O–H groups in total. The first-order valence-corrected chi connectivity index (χ1v) is 8.51. The monoisotopic (exact) mass is 317 g/mol. The summed E-state index contributed by atoms with van der Waals surface area (Å²) in [5.74, 6) is 0.297. The van der Waals surface area contributed by atoms with Crippen molar-refractivity contribution in [2.45, 2.75) is 31.6 Å². The Hall–Kier alpha value is -2.14. The van der Waals surface area contributed by atoms with E-state index in [1.165, 1.54) is 31.2 Å². The summed E-state index contributed by atoms with van der Waals surface area (Å²) in [5.41, 5.74) is 2.15. The van der Waals surface area contributed by atoms with Crippen LogP contribution in [0.2, 0.25) is 0 Å². The lowest BCUT2D eigenvalue weighted by atomic mass is 10.0. The van der Waals surface area contributed by atoms with Gasteiger partial charge in [-0.25, -0.2) is 8.42 Å². The molecule has 0 aromatic heterocycles. The number of carbonyl (C=O) groups is 1. The van der Waals surface area contributed by atoms with Gasteiger partial charge in [0.2, 0.25) is 0 Å². The van der Waals surface area contributed by atoms with Crippen molar-refractivity contribution in [1.29, 1.82) is 0 Å². The minimum Gasteiger partial charge on any atom is -0.295 e. The molecule has 0 spiro atoms. The molecule has 4 nitrogen and oxygen atoms in total. The van der Waals surface area contributed by atoms with E-state index in [4.69, 9.17) is 0 Å². The van der Waals surface area contributed by atoms with Gasteiger partial charge in [-0.3, -0.25) is 9.52 Å². The van der Waals surface area contributed by atoms with Crippen LogP contribution in [0.5, 0.6) is 0 Å². The van der Waals surface area contributed by atoms with Crippen molar-refractivity contribution >= 4 is 21.5 Å². The Morgan fingerprint density at radius 1 is 0.955 bits per heavy atom. The lowest BCUT2D eigenvalue weighted by Gasteiger charge is -2.10. The quantitative estimate of drug-likeness (QED) is 0.853. The standard InChI is InChI=1S/C17H19NO3S/c1-12(2)14-4-8-16(9-5-14)18-22(20,21)17-10-6-15(7-11-17)13(3)19/h4-12,18H,1-3H3. The molecule has 0 heterocycles. The molecule has 2 aromatic carbocycles. The van der Waals surface area contributed by atoms with Gasteiger partial charge in [0.05, 0.1) is 4.90 Å². The van der Waals surface area contributed by atoms with E-state index in [2.05, 4.69) is 18.6 Å². The number of Topliss-reactive ketones (excluding diaryl/α,β-unsaturated/α-hetero) is 1. The fraction of sp³-hybridized carbons (Fsp3) is 0.235. The summed E-state index contributed by atoms with van der Waals surface area (Å²) in [6, 6.07) is 13.2. The third-order valence-electron chi connectivity index (χ3n) is 3.40. The molecule has 0 saturated carbocycles. The zero-order chi connectivity index (χ0) is 16.3. The highest BCUT2D eigenvalue weighted by atomic mass is 32.2. The maximum Gasteiger partial charge on any atom is 0.261 e. The molecule has 2 aromatic rings. The largest absolute Gasteiger partial charge is 0.295 e. The number of sulfonamides is 1. The zero-order valence-electron chi connectivity index (χ0n) is 12.8. The van der Waals surface area contributed by atoms with Gasteiger partial charge in [0.1, 0.15) is 0 Å². The van der Waals surface area contributed by atoms with Gasteiger partial charge in [0.25, 0.3) is 10.0 Å². The third-order valence-corrected chi connectivity index (χ3v) is 4.80. The Morgan fingerprint density at radius 3 is 1.95 bits per heavy atom. The highest BCUT2D eigenvalue weighted by molar-refractivity contribution is 7.92. The average Bonchev–Trinajstić information content (AvgIpc) is 2.47. The highest BCUT2D eigenvalue weighted by Crippen LogP contribution is 2.20. The van der Waals surface area contributed by atoms with Gasteiger partial charge in [0, 0.05) is 11.3 Å². The normalized spacial score (nSPS) is 11.5. The summed E-state index contributed by atoms with van der Waals surface area (Å²) in [4.78, 5) is 11.3. The van der Waals surface area contributed by atoms with Crippen LogP contribution >= 0.6 is 0 Å². The average molecular weight is 317 g/mol. The smallest absolute Gasteiger partial charge is 0.261 e. The topological polar surface area (TPSA) is 63.2 Å². The fourth-order valence-electron chi connectivity index (χ4n) is 2.02. The van der Waals surface area contributed by atoms with Crippen molar-refractivity contribution in [2.24, 2.45) is 0 Å². The Labute approximate surface area is 131 Å². The molecule has 0 bridgehead atoms. The lowest BCUT2D eigenvalue weighted by molar-refractivity contribution is 0.101. The number of ketones is 1. The summed E-state index contributed by atoms with van der Waals surface area (Å²) in [5, 5.41) is 0. The molecule has 0 amide bonds. The minimum atomic E-state index is -3.65. The van der Waals surface area contributed by atoms with Crippen LogP contribution in [0, 0.1) is 0 Å². The van der Waals surface area contributed by atoms with Crippen LogP contribution in [0.15, 0.2) is 53.4 Å². The van der Waals surface area contributed by atoms with Crippen LogP contribution in [0.25, 0.3) is 0 Å². The van der Waals surface area contributed by atoms with E-state index in [1.807, 2.05) is 12.1 Å². The highest BCUT2D eigenvalue weighted by Gasteiger charge is 2.14. The van der Waals surface area contributed by atoms with E-state index in [1.54, 1.807) is 12.1 Å². The van der Waals surface area contributed by atoms with E-state index < -0.39 is 10.0 Å². The SMILES string of the molecule is CC(=O)c1ccc(S(=O)(=O)Nc2ccc(C(C)C)cc2)cc1.